The molecule has 5 nitrogen and oxygen atoms in total. The van der Waals surface area contributed by atoms with Gasteiger partial charge in [0, 0.05) is 48.8 Å². The third-order valence-electron chi connectivity index (χ3n) is 8.66. The van der Waals surface area contributed by atoms with Gasteiger partial charge in [-0.2, -0.15) is 14.6 Å². The van der Waals surface area contributed by atoms with Crippen molar-refractivity contribution in [2.75, 3.05) is 13.1 Å². The van der Waals surface area contributed by atoms with E-state index in [1.165, 1.54) is 40.8 Å². The van der Waals surface area contributed by atoms with Gasteiger partial charge in [-0.1, -0.05) is 42.3 Å². The zero-order chi connectivity index (χ0) is 22.7. The van der Waals surface area contributed by atoms with Gasteiger partial charge in [0.05, 0.1) is 26.8 Å². The highest BCUT2D eigenvalue weighted by atomic mass is 35.5. The minimum Gasteiger partial charge on any atom is -0.291 e. The summed E-state index contributed by atoms with van der Waals surface area (Å²) >= 11 is 8.42. The summed E-state index contributed by atoms with van der Waals surface area (Å²) in [5.74, 6) is 0.920. The van der Waals surface area contributed by atoms with Crippen molar-refractivity contribution >= 4 is 50.9 Å². The minimum absolute atomic E-state index is 0.398. The van der Waals surface area contributed by atoms with Crippen LogP contribution in [0.15, 0.2) is 62.3 Å². The molecule has 2 saturated carbocycles. The Morgan fingerprint density at radius 1 is 1.00 bits per heavy atom. The Bertz CT molecular complexity index is 1290. The van der Waals surface area contributed by atoms with E-state index in [0.29, 0.717) is 17.9 Å². The van der Waals surface area contributed by atoms with Crippen LogP contribution in [-0.4, -0.2) is 46.0 Å². The van der Waals surface area contributed by atoms with E-state index < -0.39 is 5.41 Å². The molecular weight excluding hydrogens is 462 g/mol. The maximum atomic E-state index is 6.79. The van der Waals surface area contributed by atoms with E-state index in [1.807, 2.05) is 0 Å². The average molecular weight is 490 g/mol. The molecule has 1 aromatic heterocycles. The molecule has 174 valence electrons. The van der Waals surface area contributed by atoms with Gasteiger partial charge < -0.3 is 0 Å². The van der Waals surface area contributed by atoms with Crippen molar-refractivity contribution < 1.29 is 0 Å². The molecule has 1 aromatic carbocycles. The molecule has 1 unspecified atom stereocenters. The molecule has 0 amide bonds. The molecule has 7 rings (SSSR count). The number of benzene rings is 1. The van der Waals surface area contributed by atoms with Crippen LogP contribution in [0.1, 0.15) is 56.6 Å². The lowest BCUT2D eigenvalue weighted by Crippen LogP contribution is -2.49. The van der Waals surface area contributed by atoms with Crippen LogP contribution in [0.4, 0.5) is 0 Å². The SMILES string of the molecule is ClC1=CN=CC23C1=CCN(C1CCC1)CC2=NN=C3C1CCC(c2nsc3ccccc23)CC1. The number of fused-ring (bicyclic) bond motifs is 1. The zero-order valence-electron chi connectivity index (χ0n) is 19.2. The van der Waals surface area contributed by atoms with Crippen LogP contribution in [0.2, 0.25) is 0 Å². The molecule has 2 aromatic rings. The second-order valence-corrected chi connectivity index (χ2v) is 11.6. The molecule has 7 heteroatoms. The Hall–Kier alpha value is -2.15. The maximum Gasteiger partial charge on any atom is 0.113 e. The van der Waals surface area contributed by atoms with E-state index in [-0.39, 0.29) is 0 Å². The molecule has 2 aliphatic carbocycles. The third kappa shape index (κ3) is 3.15. The summed E-state index contributed by atoms with van der Waals surface area (Å²) < 4.78 is 6.15. The molecule has 1 atom stereocenters. The highest BCUT2D eigenvalue weighted by Gasteiger charge is 2.52. The number of allylic oxidation sites excluding steroid dienone is 2. The molecular formula is C27H28ClN5S. The van der Waals surface area contributed by atoms with Crippen LogP contribution in [-0.2, 0) is 0 Å². The molecule has 1 spiro atoms. The van der Waals surface area contributed by atoms with E-state index in [0.717, 1.165) is 55.1 Å². The van der Waals surface area contributed by atoms with Crippen molar-refractivity contribution in [1.82, 2.24) is 9.27 Å². The highest BCUT2D eigenvalue weighted by molar-refractivity contribution is 7.13. The Labute approximate surface area is 209 Å². The predicted molar refractivity (Wildman–Crippen MR) is 141 cm³/mol. The van der Waals surface area contributed by atoms with Crippen LogP contribution in [0.3, 0.4) is 0 Å². The maximum absolute atomic E-state index is 6.79. The molecule has 34 heavy (non-hydrogen) atoms. The minimum atomic E-state index is -0.449. The van der Waals surface area contributed by atoms with Crippen molar-refractivity contribution in [3.63, 3.8) is 0 Å². The van der Waals surface area contributed by atoms with Gasteiger partial charge in [0.1, 0.15) is 5.41 Å². The van der Waals surface area contributed by atoms with Gasteiger partial charge in [-0.05, 0) is 61.7 Å². The molecule has 0 saturated heterocycles. The van der Waals surface area contributed by atoms with Crippen LogP contribution in [0, 0.1) is 11.3 Å². The summed E-state index contributed by atoms with van der Waals surface area (Å²) in [4.78, 5) is 7.17. The van der Waals surface area contributed by atoms with Gasteiger partial charge >= 0.3 is 0 Å². The summed E-state index contributed by atoms with van der Waals surface area (Å²) in [6.07, 6.45) is 14.6. The van der Waals surface area contributed by atoms with Crippen molar-refractivity contribution in [3.05, 3.63) is 52.8 Å². The molecule has 2 fully saturated rings. The largest absolute Gasteiger partial charge is 0.291 e. The van der Waals surface area contributed by atoms with Crippen LogP contribution in [0.5, 0.6) is 0 Å². The standard InChI is InChI=1S/C27H28ClN5S/c28-22-14-29-16-27-21(22)12-13-33(19-4-3-5-19)15-24(27)30-31-26(27)18-10-8-17(9-11-18)25-20-6-1-2-7-23(20)34-32-25/h1-2,6-7,12,14,16-19H,3-5,8-11,13,15H2. The van der Waals surface area contributed by atoms with Crippen molar-refractivity contribution in [3.8, 4) is 0 Å². The lowest BCUT2D eigenvalue weighted by atomic mass is 9.65. The topological polar surface area (TPSA) is 53.2 Å². The first kappa shape index (κ1) is 21.2. The average Bonchev–Trinajstić information content (AvgIpc) is 3.36. The summed E-state index contributed by atoms with van der Waals surface area (Å²) in [5.41, 5.74) is 4.27. The van der Waals surface area contributed by atoms with Gasteiger partial charge in [-0.3, -0.25) is 9.89 Å². The zero-order valence-corrected chi connectivity index (χ0v) is 20.7. The second kappa shape index (κ2) is 8.21. The van der Waals surface area contributed by atoms with Crippen molar-refractivity contribution in [1.29, 1.82) is 0 Å². The summed E-state index contributed by atoms with van der Waals surface area (Å²) in [6.45, 7) is 1.78. The molecule has 4 heterocycles. The summed E-state index contributed by atoms with van der Waals surface area (Å²) in [6, 6.07) is 9.29. The number of rotatable bonds is 3. The van der Waals surface area contributed by atoms with E-state index in [9.17, 15) is 0 Å². The predicted octanol–water partition coefficient (Wildman–Crippen LogP) is 6.33. The Kier molecular flexibility index (Phi) is 5.11. The van der Waals surface area contributed by atoms with Crippen LogP contribution >= 0.6 is 23.1 Å². The number of hydrogen-bond acceptors (Lipinski definition) is 6. The van der Waals surface area contributed by atoms with Crippen LogP contribution < -0.4 is 0 Å². The Morgan fingerprint density at radius 3 is 2.65 bits per heavy atom. The van der Waals surface area contributed by atoms with E-state index in [4.69, 9.17) is 26.2 Å². The van der Waals surface area contributed by atoms with E-state index >= 15 is 0 Å². The molecule has 0 N–H and O–H groups in total. The molecule has 0 bridgehead atoms. The van der Waals surface area contributed by atoms with Gasteiger partial charge in [0.15, 0.2) is 0 Å². The fourth-order valence-electron chi connectivity index (χ4n) is 6.55. The number of aliphatic imine (C=N–C) groups is 1. The highest BCUT2D eigenvalue weighted by Crippen LogP contribution is 2.49. The smallest absolute Gasteiger partial charge is 0.113 e. The van der Waals surface area contributed by atoms with Crippen molar-refractivity contribution in [2.45, 2.75) is 56.9 Å². The van der Waals surface area contributed by atoms with Gasteiger partial charge in [-0.15, -0.1) is 0 Å². The number of aromatic nitrogens is 1. The van der Waals surface area contributed by atoms with Crippen LogP contribution in [0.25, 0.3) is 10.1 Å². The lowest BCUT2D eigenvalue weighted by Gasteiger charge is -2.39. The quantitative estimate of drug-likeness (QED) is 0.506. The first-order valence-corrected chi connectivity index (χ1v) is 13.7. The van der Waals surface area contributed by atoms with Gasteiger partial charge in [0.25, 0.3) is 0 Å². The van der Waals surface area contributed by atoms with E-state index in [1.54, 1.807) is 17.7 Å². The van der Waals surface area contributed by atoms with Gasteiger partial charge in [-0.25, -0.2) is 0 Å². The number of hydrogen-bond donors (Lipinski definition) is 0. The second-order valence-electron chi connectivity index (χ2n) is 10.3. The first-order valence-electron chi connectivity index (χ1n) is 12.6. The summed E-state index contributed by atoms with van der Waals surface area (Å²) in [7, 11) is 0. The first-order chi connectivity index (χ1) is 16.7. The van der Waals surface area contributed by atoms with Crippen molar-refractivity contribution in [2.24, 2.45) is 26.5 Å². The third-order valence-corrected chi connectivity index (χ3v) is 9.80. The molecule has 3 aliphatic heterocycles. The fourth-order valence-corrected chi connectivity index (χ4v) is 7.69. The molecule has 5 aliphatic rings. The monoisotopic (exact) mass is 489 g/mol. The Balaban J connectivity index is 1.16. The number of nitrogens with zero attached hydrogens (tertiary/aromatic N) is 5. The van der Waals surface area contributed by atoms with E-state index in [2.05, 4.69) is 46.4 Å². The van der Waals surface area contributed by atoms with Gasteiger partial charge in [0.2, 0.25) is 0 Å². The fraction of sp³-hybridized carbons (Fsp3) is 0.481. The molecule has 0 radical (unpaired) electrons. The number of halogens is 1. The normalized spacial score (nSPS) is 31.7. The lowest BCUT2D eigenvalue weighted by molar-refractivity contribution is 0.162. The Morgan fingerprint density at radius 2 is 1.82 bits per heavy atom. The summed E-state index contributed by atoms with van der Waals surface area (Å²) in [5, 5.41) is 11.8.